The smallest absolute Gasteiger partial charge is 0.466 e. The molecule has 4 aromatic rings. The first kappa shape index (κ1) is 23.2. The normalized spacial score (nSPS) is 15.4. The molecular weight excluding hydrogens is 591 g/mol. The van der Waals surface area contributed by atoms with E-state index in [0.29, 0.717) is 23.3 Å². The topological polar surface area (TPSA) is 44.2 Å². The van der Waals surface area contributed by atoms with E-state index in [-0.39, 0.29) is 21.1 Å². The van der Waals surface area contributed by atoms with Gasteiger partial charge in [0.15, 0.2) is 0 Å². The Morgan fingerprint density at radius 2 is 0.970 bits per heavy atom. The fourth-order valence-corrected chi connectivity index (χ4v) is 3.88. The second kappa shape index (κ2) is 8.76. The summed E-state index contributed by atoms with van der Waals surface area (Å²) in [7, 11) is 0. The zero-order valence-electron chi connectivity index (χ0n) is 19.0. The Kier molecular flexibility index (Phi) is 6.16. The van der Waals surface area contributed by atoms with E-state index in [1.807, 2.05) is 72.8 Å². The summed E-state index contributed by atoms with van der Waals surface area (Å²) in [5, 5.41) is 0. The first-order chi connectivity index (χ1) is 15.3. The molecule has 0 fully saturated rings. The summed E-state index contributed by atoms with van der Waals surface area (Å²) in [4.78, 5) is 9.61. The summed E-state index contributed by atoms with van der Waals surface area (Å²) in [6.45, 7) is 8.47. The van der Waals surface area contributed by atoms with Crippen molar-refractivity contribution in [3.8, 4) is 23.3 Å². The van der Waals surface area contributed by atoms with Crippen molar-refractivity contribution in [2.75, 3.05) is 0 Å². The van der Waals surface area contributed by atoms with Crippen LogP contribution < -0.4 is 9.47 Å². The van der Waals surface area contributed by atoms with Gasteiger partial charge in [-0.1, -0.05) is 39.8 Å². The summed E-state index contributed by atoms with van der Waals surface area (Å²) < 4.78 is 12.3. The maximum Gasteiger partial charge on any atom is 2.00 e. The first-order valence-electron chi connectivity index (χ1n) is 10.7. The quantitative estimate of drug-likeness (QED) is 0.209. The fourth-order valence-electron chi connectivity index (χ4n) is 3.88. The van der Waals surface area contributed by atoms with Gasteiger partial charge in [-0.05, 0) is 12.1 Å². The molecule has 4 nitrogen and oxygen atoms in total. The Morgan fingerprint density at radius 3 is 1.39 bits per heavy atom. The molecule has 0 amide bonds. The van der Waals surface area contributed by atoms with Crippen molar-refractivity contribution in [2.45, 2.75) is 38.5 Å². The molecule has 2 aromatic carbocycles. The number of nitrogens with zero attached hydrogens (tertiary/aromatic N) is 2. The van der Waals surface area contributed by atoms with Crippen LogP contribution in [-0.4, -0.2) is 9.97 Å². The van der Waals surface area contributed by atoms with Crippen molar-refractivity contribution < 1.29 is 30.5 Å². The van der Waals surface area contributed by atoms with Gasteiger partial charge < -0.3 is 9.47 Å². The number of benzene rings is 2. The van der Waals surface area contributed by atoms with Gasteiger partial charge in [0.25, 0.3) is 0 Å². The van der Waals surface area contributed by atoms with Crippen molar-refractivity contribution in [3.63, 3.8) is 0 Å². The summed E-state index contributed by atoms with van der Waals surface area (Å²) in [5.74, 6) is 2.29. The van der Waals surface area contributed by atoms with Gasteiger partial charge in [0.2, 0.25) is 11.8 Å². The maximum atomic E-state index is 6.13. The summed E-state index contributed by atoms with van der Waals surface area (Å²) >= 11 is 0. The average molecular weight is 616 g/mol. The standard InChI is InChI=1S/C28H24N2O2.Pt/c1-27(2)19-9-5-11-21(17-19)31-26-16-8-14-24(30-26)28(3,4)20-10-6-12-22(18-20)32-25-15-7-13-23(27)29-25;/h5-16H,1-4H3;/q-2;+2. The minimum atomic E-state index is -0.404. The van der Waals surface area contributed by atoms with E-state index in [9.17, 15) is 0 Å². The van der Waals surface area contributed by atoms with Crippen LogP contribution in [-0.2, 0) is 31.9 Å². The number of hydrogen-bond acceptors (Lipinski definition) is 4. The number of fused-ring (bicyclic) bond motifs is 8. The molecule has 1 aliphatic heterocycles. The number of rotatable bonds is 0. The molecule has 3 heterocycles. The maximum absolute atomic E-state index is 6.13. The van der Waals surface area contributed by atoms with Crippen LogP contribution in [0, 0.1) is 12.1 Å². The summed E-state index contributed by atoms with van der Waals surface area (Å²) in [6, 6.07) is 30.3. The van der Waals surface area contributed by atoms with Gasteiger partial charge in [0.1, 0.15) is 0 Å². The van der Waals surface area contributed by atoms with Crippen LogP contribution in [0.5, 0.6) is 23.3 Å². The monoisotopic (exact) mass is 615 g/mol. The molecule has 0 saturated heterocycles. The predicted octanol–water partition coefficient (Wildman–Crippen LogP) is 6.62. The molecule has 0 radical (unpaired) electrons. The van der Waals surface area contributed by atoms with Crippen molar-refractivity contribution in [3.05, 3.63) is 107 Å². The molecule has 0 atom stereocenters. The molecule has 2 aromatic heterocycles. The molecule has 8 bridgehead atoms. The fraction of sp³-hybridized carbons (Fsp3) is 0.214. The van der Waals surface area contributed by atoms with E-state index in [1.54, 1.807) is 0 Å². The van der Waals surface area contributed by atoms with E-state index in [1.165, 1.54) is 0 Å². The molecule has 168 valence electrons. The van der Waals surface area contributed by atoms with Crippen LogP contribution in [0.1, 0.15) is 50.2 Å². The van der Waals surface area contributed by atoms with Gasteiger partial charge in [0.05, 0.1) is 11.4 Å². The second-order valence-electron chi connectivity index (χ2n) is 9.03. The molecule has 0 unspecified atom stereocenters. The summed E-state index contributed by atoms with van der Waals surface area (Å²) in [6.07, 6.45) is 0. The van der Waals surface area contributed by atoms with Crippen molar-refractivity contribution in [1.29, 1.82) is 0 Å². The zero-order valence-corrected chi connectivity index (χ0v) is 21.2. The SMILES string of the molecule is CC1(C)c2[c-]c(ccc2)Oc2cccc(n2)C(C)(C)c2[c-]c(ccc2)Oc2cccc1n2.[Pt+2]. The molecule has 0 spiro atoms. The van der Waals surface area contributed by atoms with Crippen LogP contribution >= 0.6 is 0 Å². The molecular formula is C28H24N2O2Pt. The molecule has 5 heteroatoms. The summed E-state index contributed by atoms with van der Waals surface area (Å²) in [5.41, 5.74) is 2.89. The zero-order chi connectivity index (χ0) is 22.3. The third-order valence-electron chi connectivity index (χ3n) is 6.04. The number of hydrogen-bond donors (Lipinski definition) is 0. The Balaban J connectivity index is 0.00000259. The molecule has 0 saturated carbocycles. The Hall–Kier alpha value is -2.97. The van der Waals surface area contributed by atoms with Crippen molar-refractivity contribution in [2.24, 2.45) is 0 Å². The van der Waals surface area contributed by atoms with Gasteiger partial charge in [-0.15, -0.1) is 35.4 Å². The van der Waals surface area contributed by atoms with Gasteiger partial charge in [-0.25, -0.2) is 9.97 Å². The van der Waals surface area contributed by atoms with Crippen LogP contribution in [0.3, 0.4) is 0 Å². The average Bonchev–Trinajstić information content (AvgIpc) is 2.79. The van der Waals surface area contributed by atoms with Gasteiger partial charge >= 0.3 is 21.1 Å². The van der Waals surface area contributed by atoms with E-state index < -0.39 is 10.8 Å². The Morgan fingerprint density at radius 1 is 0.576 bits per heavy atom. The van der Waals surface area contributed by atoms with Crippen LogP contribution in [0.25, 0.3) is 0 Å². The van der Waals surface area contributed by atoms with Gasteiger partial charge in [0, 0.05) is 34.5 Å². The third kappa shape index (κ3) is 4.45. The minimum absolute atomic E-state index is 0. The van der Waals surface area contributed by atoms with Crippen molar-refractivity contribution >= 4 is 0 Å². The van der Waals surface area contributed by atoms with E-state index in [4.69, 9.17) is 19.4 Å². The molecule has 33 heavy (non-hydrogen) atoms. The van der Waals surface area contributed by atoms with Crippen LogP contribution in [0.4, 0.5) is 0 Å². The Labute approximate surface area is 209 Å². The van der Waals surface area contributed by atoms with Crippen molar-refractivity contribution in [1.82, 2.24) is 9.97 Å². The number of ether oxygens (including phenoxy) is 2. The van der Waals surface area contributed by atoms with Gasteiger partial charge in [-0.3, -0.25) is 0 Å². The van der Waals surface area contributed by atoms with E-state index >= 15 is 0 Å². The second-order valence-corrected chi connectivity index (χ2v) is 9.03. The van der Waals surface area contributed by atoms with E-state index in [0.717, 1.165) is 22.5 Å². The Bertz CT molecular complexity index is 1100. The van der Waals surface area contributed by atoms with Gasteiger partial charge in [-0.2, -0.15) is 24.3 Å². The third-order valence-corrected chi connectivity index (χ3v) is 6.04. The largest absolute Gasteiger partial charge is 2.00 e. The van der Waals surface area contributed by atoms with Crippen LogP contribution in [0.15, 0.2) is 72.8 Å². The number of pyridine rings is 2. The molecule has 5 rings (SSSR count). The molecule has 0 aliphatic carbocycles. The number of aromatic nitrogens is 2. The molecule has 0 N–H and O–H groups in total. The van der Waals surface area contributed by atoms with Crippen LogP contribution in [0.2, 0.25) is 0 Å². The predicted molar refractivity (Wildman–Crippen MR) is 123 cm³/mol. The first-order valence-corrected chi connectivity index (χ1v) is 10.7. The minimum Gasteiger partial charge on any atom is -0.466 e. The van der Waals surface area contributed by atoms with E-state index in [2.05, 4.69) is 39.8 Å². The molecule has 1 aliphatic rings.